The van der Waals surface area contributed by atoms with E-state index in [9.17, 15) is 18.0 Å². The molecule has 0 unspecified atom stereocenters. The zero-order chi connectivity index (χ0) is 15.0. The van der Waals surface area contributed by atoms with Crippen molar-refractivity contribution in [3.05, 3.63) is 0 Å². The fourth-order valence-corrected chi connectivity index (χ4v) is 2.66. The van der Waals surface area contributed by atoms with Gasteiger partial charge in [0.15, 0.2) is 0 Å². The molecule has 1 amide bonds. The number of unbranched alkanes of at least 4 members (excludes halogenated alkanes) is 3. The number of amides is 1. The quantitative estimate of drug-likeness (QED) is 0.709. The molecule has 1 fully saturated rings. The van der Waals surface area contributed by atoms with Gasteiger partial charge in [-0.3, -0.25) is 4.79 Å². The van der Waals surface area contributed by atoms with E-state index in [1.807, 2.05) is 0 Å². The van der Waals surface area contributed by atoms with Crippen LogP contribution in [0.3, 0.4) is 0 Å². The Labute approximate surface area is 118 Å². The van der Waals surface area contributed by atoms with Crippen LogP contribution in [0.15, 0.2) is 0 Å². The Bertz CT molecular complexity index is 287. The van der Waals surface area contributed by atoms with Crippen molar-refractivity contribution in [2.75, 3.05) is 13.1 Å². The number of nitrogens with two attached hydrogens (primary N) is 1. The van der Waals surface area contributed by atoms with Crippen LogP contribution in [0.4, 0.5) is 13.2 Å². The molecule has 0 aromatic heterocycles. The maximum Gasteiger partial charge on any atom is 0.391 e. The van der Waals surface area contributed by atoms with E-state index in [1.54, 1.807) is 0 Å². The van der Waals surface area contributed by atoms with Crippen LogP contribution >= 0.6 is 0 Å². The second kappa shape index (κ2) is 8.49. The molecule has 1 rings (SSSR count). The minimum absolute atomic E-state index is 0.0792. The molecule has 1 aliphatic carbocycles. The summed E-state index contributed by atoms with van der Waals surface area (Å²) < 4.78 is 37.5. The Morgan fingerprint density at radius 2 is 1.65 bits per heavy atom. The van der Waals surface area contributed by atoms with Gasteiger partial charge in [-0.1, -0.05) is 12.8 Å². The number of carbonyl (C=O) groups is 1. The molecule has 0 heterocycles. The van der Waals surface area contributed by atoms with Crippen molar-refractivity contribution < 1.29 is 18.0 Å². The van der Waals surface area contributed by atoms with Crippen molar-refractivity contribution in [2.45, 2.75) is 57.5 Å². The van der Waals surface area contributed by atoms with Gasteiger partial charge in [0.1, 0.15) is 0 Å². The fraction of sp³-hybridized carbons (Fsp3) is 0.929. The van der Waals surface area contributed by atoms with E-state index in [0.717, 1.165) is 25.7 Å². The van der Waals surface area contributed by atoms with Crippen molar-refractivity contribution in [2.24, 2.45) is 17.6 Å². The largest absolute Gasteiger partial charge is 0.391 e. The van der Waals surface area contributed by atoms with Crippen molar-refractivity contribution in [3.63, 3.8) is 0 Å². The average Bonchev–Trinajstić information content (AvgIpc) is 2.41. The molecule has 118 valence electrons. The number of hydrogen-bond acceptors (Lipinski definition) is 2. The summed E-state index contributed by atoms with van der Waals surface area (Å²) in [6, 6.07) is 0. The molecule has 1 aliphatic rings. The second-order valence-corrected chi connectivity index (χ2v) is 5.58. The van der Waals surface area contributed by atoms with Crippen molar-refractivity contribution in [3.8, 4) is 0 Å². The van der Waals surface area contributed by atoms with Crippen LogP contribution in [0, 0.1) is 11.8 Å². The minimum atomic E-state index is -4.11. The van der Waals surface area contributed by atoms with E-state index in [1.165, 1.54) is 0 Å². The molecule has 0 saturated heterocycles. The van der Waals surface area contributed by atoms with Crippen LogP contribution in [0.5, 0.6) is 0 Å². The number of nitrogens with one attached hydrogen (secondary N) is 1. The zero-order valence-corrected chi connectivity index (χ0v) is 11.8. The molecule has 0 atom stereocenters. The first-order chi connectivity index (χ1) is 9.45. The Hall–Kier alpha value is -0.780. The highest BCUT2D eigenvalue weighted by Crippen LogP contribution is 2.39. The third kappa shape index (κ3) is 6.11. The van der Waals surface area contributed by atoms with Crippen LogP contribution < -0.4 is 11.1 Å². The van der Waals surface area contributed by atoms with E-state index in [2.05, 4.69) is 5.32 Å². The van der Waals surface area contributed by atoms with E-state index in [-0.39, 0.29) is 24.7 Å². The summed E-state index contributed by atoms with van der Waals surface area (Å²) in [5.74, 6) is -1.54. The first-order valence-corrected chi connectivity index (χ1v) is 7.49. The summed E-state index contributed by atoms with van der Waals surface area (Å²) >= 11 is 0. The molecular formula is C14H25F3N2O. The molecule has 0 radical (unpaired) electrons. The summed E-state index contributed by atoms with van der Waals surface area (Å²) in [4.78, 5) is 11.8. The minimum Gasteiger partial charge on any atom is -0.356 e. The van der Waals surface area contributed by atoms with E-state index in [4.69, 9.17) is 5.73 Å². The lowest BCUT2D eigenvalue weighted by atomic mass is 9.81. The lowest BCUT2D eigenvalue weighted by molar-refractivity contribution is -0.184. The summed E-state index contributed by atoms with van der Waals surface area (Å²) in [6.45, 7) is 1.30. The maximum atomic E-state index is 12.5. The molecule has 0 aromatic rings. The molecule has 0 aliphatic heterocycles. The highest BCUT2D eigenvalue weighted by molar-refractivity contribution is 5.78. The van der Waals surface area contributed by atoms with Gasteiger partial charge in [0.05, 0.1) is 5.92 Å². The standard InChI is InChI=1S/C14H25F3N2O/c15-14(16,17)12-7-5-11(6-8-12)13(20)19-10-4-2-1-3-9-18/h11-12H,1-10,18H2,(H,19,20). The fourth-order valence-electron chi connectivity index (χ4n) is 2.66. The molecule has 0 spiro atoms. The van der Waals surface area contributed by atoms with Crippen LogP contribution in [0.1, 0.15) is 51.4 Å². The summed E-state index contributed by atoms with van der Waals surface area (Å²) in [5, 5.41) is 2.83. The number of halogens is 3. The van der Waals surface area contributed by atoms with Gasteiger partial charge in [-0.25, -0.2) is 0 Å². The van der Waals surface area contributed by atoms with Crippen LogP contribution in [0.2, 0.25) is 0 Å². The van der Waals surface area contributed by atoms with Gasteiger partial charge >= 0.3 is 6.18 Å². The van der Waals surface area contributed by atoms with E-state index < -0.39 is 12.1 Å². The van der Waals surface area contributed by atoms with Crippen LogP contribution in [-0.4, -0.2) is 25.2 Å². The Morgan fingerprint density at radius 3 is 2.20 bits per heavy atom. The summed E-state index contributed by atoms with van der Waals surface area (Å²) in [6.07, 6.45) is 0.743. The Balaban J connectivity index is 2.13. The van der Waals surface area contributed by atoms with Crippen LogP contribution in [0.25, 0.3) is 0 Å². The Kier molecular flexibility index (Phi) is 7.34. The third-order valence-electron chi connectivity index (χ3n) is 3.99. The van der Waals surface area contributed by atoms with Crippen molar-refractivity contribution in [1.29, 1.82) is 0 Å². The van der Waals surface area contributed by atoms with Crippen LogP contribution in [-0.2, 0) is 4.79 Å². The van der Waals surface area contributed by atoms with Gasteiger partial charge in [0, 0.05) is 12.5 Å². The van der Waals surface area contributed by atoms with E-state index in [0.29, 0.717) is 25.9 Å². The predicted molar refractivity (Wildman–Crippen MR) is 72.0 cm³/mol. The molecular weight excluding hydrogens is 269 g/mol. The van der Waals surface area contributed by atoms with Gasteiger partial charge in [0.2, 0.25) is 5.91 Å². The molecule has 3 nitrogen and oxygen atoms in total. The smallest absolute Gasteiger partial charge is 0.356 e. The summed E-state index contributed by atoms with van der Waals surface area (Å²) in [7, 11) is 0. The summed E-state index contributed by atoms with van der Waals surface area (Å²) in [5.41, 5.74) is 5.38. The number of rotatable bonds is 7. The molecule has 20 heavy (non-hydrogen) atoms. The molecule has 1 saturated carbocycles. The third-order valence-corrected chi connectivity index (χ3v) is 3.99. The lowest BCUT2D eigenvalue weighted by Gasteiger charge is -2.29. The first kappa shape index (κ1) is 17.3. The normalized spacial score (nSPS) is 23.6. The van der Waals surface area contributed by atoms with Gasteiger partial charge in [0.25, 0.3) is 0 Å². The molecule has 0 bridgehead atoms. The number of alkyl halides is 3. The van der Waals surface area contributed by atoms with Gasteiger partial charge in [-0.2, -0.15) is 13.2 Å². The number of carbonyl (C=O) groups excluding carboxylic acids is 1. The molecule has 0 aromatic carbocycles. The van der Waals surface area contributed by atoms with E-state index >= 15 is 0 Å². The second-order valence-electron chi connectivity index (χ2n) is 5.58. The number of hydrogen-bond donors (Lipinski definition) is 2. The van der Waals surface area contributed by atoms with Gasteiger partial charge in [-0.05, 0) is 45.1 Å². The predicted octanol–water partition coefficient (Wildman–Crippen LogP) is 2.99. The maximum absolute atomic E-state index is 12.5. The zero-order valence-electron chi connectivity index (χ0n) is 11.8. The van der Waals surface area contributed by atoms with Gasteiger partial charge in [-0.15, -0.1) is 0 Å². The molecule has 6 heteroatoms. The van der Waals surface area contributed by atoms with Crippen molar-refractivity contribution in [1.82, 2.24) is 5.32 Å². The van der Waals surface area contributed by atoms with Crippen molar-refractivity contribution >= 4 is 5.91 Å². The lowest BCUT2D eigenvalue weighted by Crippen LogP contribution is -2.36. The topological polar surface area (TPSA) is 55.1 Å². The molecule has 3 N–H and O–H groups in total. The first-order valence-electron chi connectivity index (χ1n) is 7.49. The Morgan fingerprint density at radius 1 is 1.05 bits per heavy atom. The highest BCUT2D eigenvalue weighted by atomic mass is 19.4. The van der Waals surface area contributed by atoms with Gasteiger partial charge < -0.3 is 11.1 Å². The SMILES string of the molecule is NCCCCCCNC(=O)C1CCC(C(F)(F)F)CC1. The monoisotopic (exact) mass is 294 g/mol. The average molecular weight is 294 g/mol. The highest BCUT2D eigenvalue weighted by Gasteiger charge is 2.42.